The van der Waals surface area contributed by atoms with Crippen molar-refractivity contribution in [2.24, 2.45) is 0 Å². The lowest BCUT2D eigenvalue weighted by atomic mass is 9.71. The molecule has 1 aliphatic carbocycles. The monoisotopic (exact) mass is 281 g/mol. The average molecular weight is 281 g/mol. The van der Waals surface area contributed by atoms with Gasteiger partial charge in [0.25, 0.3) is 0 Å². The molecule has 21 heavy (non-hydrogen) atoms. The standard InChI is InChI=1S/C20H27N/c1-12(2)14-7-8-16-17(9-14)20(5,6)11-15-10-18(13(3)4)21-19(15)16/h7-10,12-13,21H,11H2,1-6H3. The molecule has 1 nitrogen and oxygen atoms in total. The molecule has 2 aromatic rings. The lowest BCUT2D eigenvalue weighted by molar-refractivity contribution is 0.516. The Morgan fingerprint density at radius 1 is 1.00 bits per heavy atom. The molecule has 1 heterocycles. The van der Waals surface area contributed by atoms with E-state index >= 15 is 0 Å². The van der Waals surface area contributed by atoms with Crippen LogP contribution in [0, 0.1) is 0 Å². The third kappa shape index (κ3) is 2.33. The van der Waals surface area contributed by atoms with E-state index in [9.17, 15) is 0 Å². The molecule has 0 fully saturated rings. The molecule has 1 N–H and O–H groups in total. The van der Waals surface area contributed by atoms with Crippen molar-refractivity contribution >= 4 is 0 Å². The summed E-state index contributed by atoms with van der Waals surface area (Å²) < 4.78 is 0. The predicted octanol–water partition coefficient (Wildman–Crippen LogP) is 5.76. The van der Waals surface area contributed by atoms with Crippen LogP contribution in [0.2, 0.25) is 0 Å². The van der Waals surface area contributed by atoms with E-state index in [-0.39, 0.29) is 5.41 Å². The third-order valence-electron chi connectivity index (χ3n) is 4.88. The van der Waals surface area contributed by atoms with E-state index in [0.717, 1.165) is 6.42 Å². The largest absolute Gasteiger partial charge is 0.358 e. The first-order valence-electron chi connectivity index (χ1n) is 8.16. The van der Waals surface area contributed by atoms with Gasteiger partial charge in [-0.25, -0.2) is 0 Å². The molecule has 0 saturated heterocycles. The van der Waals surface area contributed by atoms with Gasteiger partial charge in [-0.2, -0.15) is 0 Å². The Balaban J connectivity index is 2.20. The van der Waals surface area contributed by atoms with Crippen LogP contribution in [-0.2, 0) is 11.8 Å². The van der Waals surface area contributed by atoms with Gasteiger partial charge in [0.2, 0.25) is 0 Å². The lowest BCUT2D eigenvalue weighted by Gasteiger charge is -2.33. The minimum Gasteiger partial charge on any atom is -0.358 e. The number of benzene rings is 1. The summed E-state index contributed by atoms with van der Waals surface area (Å²) in [6.07, 6.45) is 1.13. The molecular formula is C20H27N. The fraction of sp³-hybridized carbons (Fsp3) is 0.500. The van der Waals surface area contributed by atoms with Crippen LogP contribution in [-0.4, -0.2) is 4.98 Å². The van der Waals surface area contributed by atoms with Gasteiger partial charge >= 0.3 is 0 Å². The lowest BCUT2D eigenvalue weighted by Crippen LogP contribution is -2.25. The van der Waals surface area contributed by atoms with E-state index in [1.165, 1.54) is 33.6 Å². The summed E-state index contributed by atoms with van der Waals surface area (Å²) in [5, 5.41) is 0. The van der Waals surface area contributed by atoms with Crippen molar-refractivity contribution in [1.29, 1.82) is 0 Å². The Labute approximate surface area is 128 Å². The molecule has 0 unspecified atom stereocenters. The van der Waals surface area contributed by atoms with E-state index in [4.69, 9.17) is 0 Å². The van der Waals surface area contributed by atoms with Crippen LogP contribution >= 0.6 is 0 Å². The summed E-state index contributed by atoms with van der Waals surface area (Å²) in [6.45, 7) is 13.8. The molecule has 0 amide bonds. The van der Waals surface area contributed by atoms with E-state index in [1.54, 1.807) is 0 Å². The summed E-state index contributed by atoms with van der Waals surface area (Å²) in [6, 6.07) is 9.43. The zero-order valence-corrected chi connectivity index (χ0v) is 14.2. The van der Waals surface area contributed by atoms with Crippen LogP contribution in [0.3, 0.4) is 0 Å². The quantitative estimate of drug-likeness (QED) is 0.720. The van der Waals surface area contributed by atoms with Crippen molar-refractivity contribution in [2.45, 2.75) is 65.2 Å². The SMILES string of the molecule is CC(C)c1ccc2c(c1)C(C)(C)Cc1cc(C(C)C)[nH]c1-2. The maximum Gasteiger partial charge on any atom is 0.0492 e. The van der Waals surface area contributed by atoms with E-state index in [0.29, 0.717) is 11.8 Å². The van der Waals surface area contributed by atoms with Crippen molar-refractivity contribution in [3.63, 3.8) is 0 Å². The molecule has 1 heteroatoms. The molecule has 1 aromatic heterocycles. The van der Waals surface area contributed by atoms with Crippen molar-refractivity contribution in [3.8, 4) is 11.3 Å². The molecule has 3 rings (SSSR count). The molecule has 0 radical (unpaired) electrons. The van der Waals surface area contributed by atoms with E-state index < -0.39 is 0 Å². The number of fused-ring (bicyclic) bond motifs is 3. The van der Waals surface area contributed by atoms with Crippen LogP contribution in [0.15, 0.2) is 24.3 Å². The highest BCUT2D eigenvalue weighted by Gasteiger charge is 2.32. The fourth-order valence-electron chi connectivity index (χ4n) is 3.48. The maximum absolute atomic E-state index is 3.68. The van der Waals surface area contributed by atoms with Gasteiger partial charge in [-0.3, -0.25) is 0 Å². The van der Waals surface area contributed by atoms with Crippen LogP contribution in [0.25, 0.3) is 11.3 Å². The van der Waals surface area contributed by atoms with Gasteiger partial charge in [0.15, 0.2) is 0 Å². The zero-order valence-electron chi connectivity index (χ0n) is 14.2. The molecule has 0 bridgehead atoms. The minimum absolute atomic E-state index is 0.212. The van der Waals surface area contributed by atoms with Gasteiger partial charge in [-0.05, 0) is 46.4 Å². The van der Waals surface area contributed by atoms with Crippen molar-refractivity contribution in [2.75, 3.05) is 0 Å². The smallest absolute Gasteiger partial charge is 0.0492 e. The number of rotatable bonds is 2. The number of aromatic nitrogens is 1. The summed E-state index contributed by atoms with van der Waals surface area (Å²) >= 11 is 0. The van der Waals surface area contributed by atoms with Crippen LogP contribution < -0.4 is 0 Å². The van der Waals surface area contributed by atoms with Gasteiger partial charge in [0, 0.05) is 17.0 Å². The van der Waals surface area contributed by atoms with Crippen molar-refractivity contribution in [1.82, 2.24) is 4.98 Å². The van der Waals surface area contributed by atoms with E-state index in [2.05, 4.69) is 70.8 Å². The number of hydrogen-bond acceptors (Lipinski definition) is 0. The first-order valence-corrected chi connectivity index (χ1v) is 8.16. The third-order valence-corrected chi connectivity index (χ3v) is 4.88. The van der Waals surface area contributed by atoms with Crippen molar-refractivity contribution < 1.29 is 0 Å². The van der Waals surface area contributed by atoms with Crippen LogP contribution in [0.4, 0.5) is 0 Å². The first-order chi connectivity index (χ1) is 9.79. The zero-order chi connectivity index (χ0) is 15.4. The second-order valence-electron chi connectivity index (χ2n) is 7.80. The highest BCUT2D eigenvalue weighted by atomic mass is 14.7. The maximum atomic E-state index is 3.68. The Morgan fingerprint density at radius 3 is 2.33 bits per heavy atom. The van der Waals surface area contributed by atoms with Crippen molar-refractivity contribution in [3.05, 3.63) is 46.6 Å². The summed E-state index contributed by atoms with van der Waals surface area (Å²) in [7, 11) is 0. The normalized spacial score (nSPS) is 16.2. The van der Waals surface area contributed by atoms with Gasteiger partial charge in [0.05, 0.1) is 0 Å². The van der Waals surface area contributed by atoms with E-state index in [1.807, 2.05) is 0 Å². The number of hydrogen-bond donors (Lipinski definition) is 1. The Kier molecular flexibility index (Phi) is 3.27. The molecule has 0 spiro atoms. The Bertz CT molecular complexity index is 671. The molecule has 0 atom stereocenters. The molecule has 1 aromatic carbocycles. The molecule has 1 aliphatic rings. The minimum atomic E-state index is 0.212. The summed E-state index contributed by atoms with van der Waals surface area (Å²) in [4.78, 5) is 3.68. The fourth-order valence-corrected chi connectivity index (χ4v) is 3.48. The molecule has 0 saturated carbocycles. The van der Waals surface area contributed by atoms with Gasteiger partial charge in [-0.1, -0.05) is 59.7 Å². The second kappa shape index (κ2) is 4.76. The average Bonchev–Trinajstić information content (AvgIpc) is 2.81. The molecule has 112 valence electrons. The Hall–Kier alpha value is -1.50. The van der Waals surface area contributed by atoms with Crippen LogP contribution in [0.1, 0.15) is 75.8 Å². The number of aromatic amines is 1. The highest BCUT2D eigenvalue weighted by Crippen LogP contribution is 2.44. The molecular weight excluding hydrogens is 254 g/mol. The number of nitrogens with one attached hydrogen (secondary N) is 1. The topological polar surface area (TPSA) is 15.8 Å². The molecule has 0 aliphatic heterocycles. The van der Waals surface area contributed by atoms with Gasteiger partial charge < -0.3 is 4.98 Å². The second-order valence-corrected chi connectivity index (χ2v) is 7.80. The van der Waals surface area contributed by atoms with Gasteiger partial charge in [0.1, 0.15) is 0 Å². The summed E-state index contributed by atoms with van der Waals surface area (Å²) in [5.41, 5.74) is 8.74. The van der Waals surface area contributed by atoms with Crippen LogP contribution in [0.5, 0.6) is 0 Å². The highest BCUT2D eigenvalue weighted by molar-refractivity contribution is 5.73. The predicted molar refractivity (Wildman–Crippen MR) is 91.1 cm³/mol. The first kappa shape index (κ1) is 14.4. The Morgan fingerprint density at radius 2 is 1.71 bits per heavy atom. The van der Waals surface area contributed by atoms with Gasteiger partial charge in [-0.15, -0.1) is 0 Å². The summed E-state index contributed by atoms with van der Waals surface area (Å²) in [5.74, 6) is 1.14. The number of H-pyrrole nitrogens is 1.